The van der Waals surface area contributed by atoms with E-state index in [1.165, 1.54) is 7.11 Å². The molecule has 0 radical (unpaired) electrons. The molecule has 4 aromatic carbocycles. The third kappa shape index (κ3) is 9.21. The van der Waals surface area contributed by atoms with Gasteiger partial charge in [0.25, 0.3) is 0 Å². The fraction of sp³-hybridized carbons (Fsp3) is 0.341. The number of carbonyl (C=O) groups is 1. The Kier molecular flexibility index (Phi) is 12.1. The number of carbonyl (C=O) groups excluding carboxylic acids is 1. The van der Waals surface area contributed by atoms with Crippen LogP contribution < -0.4 is 9.46 Å². The minimum Gasteiger partial charge on any atom is -0.493 e. The summed E-state index contributed by atoms with van der Waals surface area (Å²) in [5.74, 6) is 0.999. The van der Waals surface area contributed by atoms with E-state index < -0.39 is 16.0 Å². The zero-order valence-corrected chi connectivity index (χ0v) is 30.8. The monoisotopic (exact) mass is 727 g/mol. The second kappa shape index (κ2) is 16.9. The quantitative estimate of drug-likeness (QED) is 0.112. The van der Waals surface area contributed by atoms with Gasteiger partial charge in [0.1, 0.15) is 5.75 Å². The van der Waals surface area contributed by atoms with Crippen molar-refractivity contribution in [1.82, 2.24) is 14.2 Å². The van der Waals surface area contributed by atoms with Crippen LogP contribution in [0.1, 0.15) is 58.5 Å². The van der Waals surface area contributed by atoms with E-state index in [1.54, 1.807) is 24.3 Å². The number of rotatable bonds is 15. The molecule has 1 N–H and O–H groups in total. The van der Waals surface area contributed by atoms with E-state index in [0.717, 1.165) is 59.2 Å². The maximum atomic E-state index is 13.3. The summed E-state index contributed by atoms with van der Waals surface area (Å²) in [7, 11) is -2.14. The van der Waals surface area contributed by atoms with Crippen molar-refractivity contribution in [2.24, 2.45) is 5.92 Å². The third-order valence-corrected chi connectivity index (χ3v) is 11.4. The number of benzene rings is 4. The molecular formula is C41H46ClN3O5S. The van der Waals surface area contributed by atoms with Gasteiger partial charge in [-0.2, -0.15) is 0 Å². The number of halogens is 1. The fourth-order valence-electron chi connectivity index (χ4n) is 7.02. The number of methoxy groups -OCH3 is 1. The lowest BCUT2D eigenvalue weighted by molar-refractivity contribution is 0.0600. The Morgan fingerprint density at radius 1 is 0.902 bits per heavy atom. The number of hydrogen-bond acceptors (Lipinski definition) is 6. The minimum atomic E-state index is -3.50. The van der Waals surface area contributed by atoms with E-state index in [0.29, 0.717) is 48.2 Å². The van der Waals surface area contributed by atoms with Crippen molar-refractivity contribution in [3.63, 3.8) is 0 Å². The molecule has 0 amide bonds. The lowest BCUT2D eigenvalue weighted by Gasteiger charge is -2.29. The van der Waals surface area contributed by atoms with Gasteiger partial charge in [-0.1, -0.05) is 79.2 Å². The number of aromatic nitrogens is 1. The van der Waals surface area contributed by atoms with Gasteiger partial charge in [-0.15, -0.1) is 0 Å². The maximum Gasteiger partial charge on any atom is 0.337 e. The van der Waals surface area contributed by atoms with Crippen LogP contribution >= 0.6 is 11.6 Å². The highest BCUT2D eigenvalue weighted by Crippen LogP contribution is 2.38. The standard InChI is InChI=1S/C41H46ClN3O5S/c1-30-20-24-44(25-21-30)26-28-51(47,48)43-23-19-39-36(22-27-50-35-16-13-33(14-17-35)41(46)49-2)37-29-34(42)15-18-38(37)45(39)40(31-9-5-3-6-10-31)32-11-7-4-8-12-32/h3-18,29-30,40,43H,19-28H2,1-2H3. The van der Waals surface area contributed by atoms with Crippen molar-refractivity contribution in [2.45, 2.75) is 38.6 Å². The first-order chi connectivity index (χ1) is 24.7. The fourth-order valence-corrected chi connectivity index (χ4v) is 8.25. The van der Waals surface area contributed by atoms with Crippen molar-refractivity contribution in [1.29, 1.82) is 0 Å². The number of fused-ring (bicyclic) bond motifs is 1. The summed E-state index contributed by atoms with van der Waals surface area (Å²) in [5, 5.41) is 1.62. The van der Waals surface area contributed by atoms with Crippen molar-refractivity contribution in [2.75, 3.05) is 45.6 Å². The van der Waals surface area contributed by atoms with Gasteiger partial charge in [0.15, 0.2) is 0 Å². The summed E-state index contributed by atoms with van der Waals surface area (Å²) >= 11 is 6.65. The van der Waals surface area contributed by atoms with Crippen LogP contribution in [0.15, 0.2) is 103 Å². The molecule has 2 heterocycles. The molecule has 1 aliphatic rings. The molecule has 0 bridgehead atoms. The second-order valence-corrected chi connectivity index (χ2v) is 15.6. The normalized spacial score (nSPS) is 14.3. The Morgan fingerprint density at radius 3 is 2.18 bits per heavy atom. The van der Waals surface area contributed by atoms with Crippen LogP contribution in [0.25, 0.3) is 10.9 Å². The van der Waals surface area contributed by atoms with Gasteiger partial charge in [0.2, 0.25) is 10.0 Å². The summed E-state index contributed by atoms with van der Waals surface area (Å²) in [4.78, 5) is 14.2. The Morgan fingerprint density at radius 2 is 1.55 bits per heavy atom. The van der Waals surface area contributed by atoms with E-state index in [9.17, 15) is 13.2 Å². The molecule has 0 spiro atoms. The van der Waals surface area contributed by atoms with Gasteiger partial charge < -0.3 is 18.9 Å². The SMILES string of the molecule is COC(=O)c1ccc(OCCc2c(CCNS(=O)(=O)CCN3CCC(C)CC3)n(C(c3ccccc3)c3ccccc3)c3ccc(Cl)cc23)cc1. The first kappa shape index (κ1) is 36.6. The Hall–Kier alpha value is -4.15. The van der Waals surface area contributed by atoms with Crippen LogP contribution in [-0.4, -0.2) is 69.5 Å². The van der Waals surface area contributed by atoms with E-state index >= 15 is 0 Å². The summed E-state index contributed by atoms with van der Waals surface area (Å²) in [6.07, 6.45) is 3.23. The van der Waals surface area contributed by atoms with Crippen molar-refractivity contribution < 1.29 is 22.7 Å². The van der Waals surface area contributed by atoms with Crippen LogP contribution in [0.4, 0.5) is 0 Å². The van der Waals surface area contributed by atoms with Gasteiger partial charge >= 0.3 is 5.97 Å². The summed E-state index contributed by atoms with van der Waals surface area (Å²) in [6, 6.07) is 33.4. The molecule has 6 rings (SSSR count). The predicted octanol–water partition coefficient (Wildman–Crippen LogP) is 7.53. The zero-order chi connectivity index (χ0) is 35.8. The topological polar surface area (TPSA) is 89.9 Å². The number of hydrogen-bond donors (Lipinski definition) is 1. The van der Waals surface area contributed by atoms with E-state index in [-0.39, 0.29) is 18.3 Å². The first-order valence-electron chi connectivity index (χ1n) is 17.6. The third-order valence-electron chi connectivity index (χ3n) is 9.80. The van der Waals surface area contributed by atoms with Gasteiger partial charge in [0.05, 0.1) is 31.1 Å². The summed E-state index contributed by atoms with van der Waals surface area (Å²) < 4.78 is 42.9. The Bertz CT molecular complexity index is 1970. The summed E-state index contributed by atoms with van der Waals surface area (Å²) in [6.45, 7) is 5.29. The molecule has 0 saturated carbocycles. The molecule has 0 aliphatic carbocycles. The lowest BCUT2D eigenvalue weighted by atomic mass is 9.97. The molecule has 1 saturated heterocycles. The largest absolute Gasteiger partial charge is 0.493 e. The van der Waals surface area contributed by atoms with Crippen LogP contribution in [0, 0.1) is 5.92 Å². The summed E-state index contributed by atoms with van der Waals surface area (Å²) in [5.41, 5.74) is 5.75. The highest BCUT2D eigenvalue weighted by Gasteiger charge is 2.26. The molecule has 0 unspecified atom stereocenters. The van der Waals surface area contributed by atoms with Gasteiger partial charge in [0, 0.05) is 47.6 Å². The number of ether oxygens (including phenoxy) is 2. The minimum absolute atomic E-state index is 0.0755. The molecule has 1 aromatic heterocycles. The van der Waals surface area contributed by atoms with E-state index in [2.05, 4.69) is 51.4 Å². The number of likely N-dealkylation sites (tertiary alicyclic amines) is 1. The van der Waals surface area contributed by atoms with Crippen LogP contribution in [0.5, 0.6) is 5.75 Å². The van der Waals surface area contributed by atoms with Gasteiger partial charge in [-0.25, -0.2) is 17.9 Å². The van der Waals surface area contributed by atoms with Crippen molar-refractivity contribution in [3.05, 3.63) is 136 Å². The molecule has 1 fully saturated rings. The molecule has 0 atom stereocenters. The first-order valence-corrected chi connectivity index (χ1v) is 19.7. The van der Waals surface area contributed by atoms with Crippen molar-refractivity contribution in [3.8, 4) is 5.75 Å². The highest BCUT2D eigenvalue weighted by atomic mass is 35.5. The van der Waals surface area contributed by atoms with Crippen LogP contribution in [-0.2, 0) is 27.6 Å². The Labute approximate surface area is 306 Å². The number of nitrogens with zero attached hydrogens (tertiary/aromatic N) is 2. The molecule has 8 nitrogen and oxygen atoms in total. The molecule has 10 heteroatoms. The van der Waals surface area contributed by atoms with Crippen molar-refractivity contribution >= 4 is 38.5 Å². The average molecular weight is 728 g/mol. The smallest absolute Gasteiger partial charge is 0.337 e. The zero-order valence-electron chi connectivity index (χ0n) is 29.3. The lowest BCUT2D eigenvalue weighted by Crippen LogP contribution is -2.39. The average Bonchev–Trinajstić information content (AvgIpc) is 3.43. The predicted molar refractivity (Wildman–Crippen MR) is 204 cm³/mol. The molecular weight excluding hydrogens is 682 g/mol. The number of piperidine rings is 1. The van der Waals surface area contributed by atoms with E-state index in [4.69, 9.17) is 21.1 Å². The number of sulfonamides is 1. The number of nitrogens with one attached hydrogen (secondary N) is 1. The van der Waals surface area contributed by atoms with E-state index in [1.807, 2.05) is 48.5 Å². The van der Waals surface area contributed by atoms with Gasteiger partial charge in [-0.05, 0) is 91.0 Å². The van der Waals surface area contributed by atoms with Gasteiger partial charge in [-0.3, -0.25) is 0 Å². The molecule has 1 aliphatic heterocycles. The highest BCUT2D eigenvalue weighted by molar-refractivity contribution is 7.89. The van der Waals surface area contributed by atoms with Crippen LogP contribution in [0.3, 0.4) is 0 Å². The Balaban J connectivity index is 1.33. The molecule has 5 aromatic rings. The van der Waals surface area contributed by atoms with Crippen LogP contribution in [0.2, 0.25) is 5.02 Å². The maximum absolute atomic E-state index is 13.3. The second-order valence-electron chi connectivity index (χ2n) is 13.3. The number of esters is 1. The molecule has 51 heavy (non-hydrogen) atoms. The molecule has 268 valence electrons.